The molecule has 18 heavy (non-hydrogen) atoms. The normalized spacial score (nSPS) is 11.0. The Morgan fingerprint density at radius 1 is 1.28 bits per heavy atom. The maximum atomic E-state index is 11.3. The van der Waals surface area contributed by atoms with Gasteiger partial charge in [0.15, 0.2) is 0 Å². The monoisotopic (exact) mass is 249 g/mol. The summed E-state index contributed by atoms with van der Waals surface area (Å²) in [5, 5.41) is 0. The highest BCUT2D eigenvalue weighted by atomic mass is 16.1. The molecule has 100 valence electrons. The summed E-state index contributed by atoms with van der Waals surface area (Å²) >= 11 is 0. The zero-order chi connectivity index (χ0) is 13.9. The second-order valence-corrected chi connectivity index (χ2v) is 5.24. The van der Waals surface area contributed by atoms with Gasteiger partial charge >= 0.3 is 0 Å². The molecule has 4 N–H and O–H groups in total. The smallest absolute Gasteiger partial charge is 0.250 e. The first-order chi connectivity index (χ1) is 8.34. The van der Waals surface area contributed by atoms with Crippen LogP contribution in [0.5, 0.6) is 0 Å². The van der Waals surface area contributed by atoms with Gasteiger partial charge in [0.25, 0.3) is 5.91 Å². The van der Waals surface area contributed by atoms with E-state index in [0.29, 0.717) is 23.2 Å². The van der Waals surface area contributed by atoms with E-state index in [1.807, 2.05) is 12.1 Å². The Balaban J connectivity index is 3.20. The molecule has 0 saturated heterocycles. The summed E-state index contributed by atoms with van der Waals surface area (Å²) < 4.78 is 0. The minimum atomic E-state index is -0.484. The van der Waals surface area contributed by atoms with Crippen LogP contribution in [-0.4, -0.2) is 18.5 Å². The van der Waals surface area contributed by atoms with Crippen molar-refractivity contribution in [3.63, 3.8) is 0 Å². The molecule has 0 fully saturated rings. The number of anilines is 2. The van der Waals surface area contributed by atoms with Crippen molar-refractivity contribution in [2.45, 2.75) is 33.7 Å². The third-order valence-corrected chi connectivity index (χ3v) is 2.84. The van der Waals surface area contributed by atoms with Crippen molar-refractivity contribution in [1.29, 1.82) is 0 Å². The van der Waals surface area contributed by atoms with Crippen LogP contribution in [0.25, 0.3) is 0 Å². The Labute approximate surface area is 109 Å². The number of carbonyl (C=O) groups is 1. The summed E-state index contributed by atoms with van der Waals surface area (Å²) in [5.74, 6) is 0.0339. The molecule has 1 rings (SSSR count). The predicted molar refractivity (Wildman–Crippen MR) is 76.7 cm³/mol. The van der Waals surface area contributed by atoms with Gasteiger partial charge in [-0.2, -0.15) is 0 Å². The van der Waals surface area contributed by atoms with Crippen molar-refractivity contribution in [2.24, 2.45) is 11.7 Å². The van der Waals surface area contributed by atoms with Gasteiger partial charge in [0.2, 0.25) is 0 Å². The van der Waals surface area contributed by atoms with Crippen molar-refractivity contribution in [2.75, 3.05) is 17.2 Å². The van der Waals surface area contributed by atoms with Gasteiger partial charge in [-0.3, -0.25) is 4.79 Å². The molecule has 0 spiro atoms. The van der Waals surface area contributed by atoms with Gasteiger partial charge in [0.05, 0.1) is 16.9 Å². The highest BCUT2D eigenvalue weighted by molar-refractivity contribution is 6.00. The summed E-state index contributed by atoms with van der Waals surface area (Å²) in [6.45, 7) is 9.43. The maximum Gasteiger partial charge on any atom is 0.250 e. The molecule has 4 nitrogen and oxygen atoms in total. The van der Waals surface area contributed by atoms with Gasteiger partial charge in [0.1, 0.15) is 0 Å². The zero-order valence-electron chi connectivity index (χ0n) is 11.6. The fourth-order valence-corrected chi connectivity index (χ4v) is 2.00. The van der Waals surface area contributed by atoms with Crippen LogP contribution in [-0.2, 0) is 0 Å². The van der Waals surface area contributed by atoms with Gasteiger partial charge in [-0.25, -0.2) is 0 Å². The maximum absolute atomic E-state index is 11.3. The molecule has 0 radical (unpaired) electrons. The Morgan fingerprint density at radius 2 is 1.89 bits per heavy atom. The van der Waals surface area contributed by atoms with E-state index < -0.39 is 5.91 Å². The number of hydrogen-bond acceptors (Lipinski definition) is 3. The van der Waals surface area contributed by atoms with E-state index in [1.54, 1.807) is 6.07 Å². The second kappa shape index (κ2) is 5.76. The Bertz CT molecular complexity index is 427. The Kier molecular flexibility index (Phi) is 4.59. The van der Waals surface area contributed by atoms with Crippen LogP contribution in [0.15, 0.2) is 18.2 Å². The van der Waals surface area contributed by atoms with E-state index in [-0.39, 0.29) is 0 Å². The highest BCUT2D eigenvalue weighted by Gasteiger charge is 2.17. The summed E-state index contributed by atoms with van der Waals surface area (Å²) in [6.07, 6.45) is 0. The number of amides is 1. The van der Waals surface area contributed by atoms with Crippen molar-refractivity contribution in [3.8, 4) is 0 Å². The van der Waals surface area contributed by atoms with Crippen LogP contribution >= 0.6 is 0 Å². The summed E-state index contributed by atoms with van der Waals surface area (Å²) in [5.41, 5.74) is 13.1. The van der Waals surface area contributed by atoms with E-state index in [2.05, 4.69) is 32.6 Å². The summed E-state index contributed by atoms with van der Waals surface area (Å²) in [4.78, 5) is 13.5. The Morgan fingerprint density at radius 3 is 2.33 bits per heavy atom. The van der Waals surface area contributed by atoms with Crippen LogP contribution in [0.4, 0.5) is 11.4 Å². The van der Waals surface area contributed by atoms with Crippen molar-refractivity contribution < 1.29 is 4.79 Å². The number of nitrogen functional groups attached to an aromatic ring is 1. The lowest BCUT2D eigenvalue weighted by molar-refractivity contribution is 0.100. The number of primary amides is 1. The molecule has 4 heteroatoms. The number of para-hydroxylation sites is 1. The largest absolute Gasteiger partial charge is 0.396 e. The van der Waals surface area contributed by atoms with Gasteiger partial charge in [-0.05, 0) is 31.9 Å². The quantitative estimate of drug-likeness (QED) is 0.786. The van der Waals surface area contributed by atoms with Crippen molar-refractivity contribution in [3.05, 3.63) is 23.8 Å². The molecule has 1 aromatic rings. The van der Waals surface area contributed by atoms with Crippen molar-refractivity contribution >= 4 is 17.3 Å². The predicted octanol–water partition coefficient (Wildman–Crippen LogP) is 2.24. The number of carbonyl (C=O) groups excluding carboxylic acids is 1. The average molecular weight is 249 g/mol. The lowest BCUT2D eigenvalue weighted by Gasteiger charge is -2.32. The molecular weight excluding hydrogens is 226 g/mol. The molecule has 0 heterocycles. The van der Waals surface area contributed by atoms with Crippen LogP contribution in [0, 0.1) is 5.92 Å². The molecule has 0 atom stereocenters. The lowest BCUT2D eigenvalue weighted by atomic mass is 10.1. The lowest BCUT2D eigenvalue weighted by Crippen LogP contribution is -2.35. The van der Waals surface area contributed by atoms with Gasteiger partial charge in [-0.1, -0.05) is 19.9 Å². The fraction of sp³-hybridized carbons (Fsp3) is 0.500. The molecule has 0 unspecified atom stereocenters. The molecular formula is C14H23N3O. The van der Waals surface area contributed by atoms with E-state index in [9.17, 15) is 4.79 Å². The SMILES string of the molecule is CC(C)CN(c1cccc(C(N)=O)c1N)C(C)C. The first-order valence-corrected chi connectivity index (χ1v) is 6.29. The number of nitrogens with two attached hydrogens (primary N) is 2. The van der Waals surface area contributed by atoms with Gasteiger partial charge in [0, 0.05) is 12.6 Å². The summed E-state index contributed by atoms with van der Waals surface area (Å²) in [7, 11) is 0. The second-order valence-electron chi connectivity index (χ2n) is 5.24. The Hall–Kier alpha value is -1.71. The number of nitrogens with zero attached hydrogens (tertiary/aromatic N) is 1. The molecule has 1 amide bonds. The van der Waals surface area contributed by atoms with E-state index >= 15 is 0 Å². The molecule has 0 aliphatic heterocycles. The summed E-state index contributed by atoms with van der Waals surface area (Å²) in [6, 6.07) is 5.73. The van der Waals surface area contributed by atoms with Crippen molar-refractivity contribution in [1.82, 2.24) is 0 Å². The highest BCUT2D eigenvalue weighted by Crippen LogP contribution is 2.28. The first kappa shape index (κ1) is 14.4. The molecule has 0 bridgehead atoms. The first-order valence-electron chi connectivity index (χ1n) is 6.29. The van der Waals surface area contributed by atoms with Gasteiger partial charge in [-0.15, -0.1) is 0 Å². The molecule has 0 aromatic heterocycles. The minimum absolute atomic E-state index is 0.317. The number of rotatable bonds is 5. The van der Waals surface area contributed by atoms with Crippen LogP contribution < -0.4 is 16.4 Å². The third-order valence-electron chi connectivity index (χ3n) is 2.84. The molecule has 0 saturated carbocycles. The minimum Gasteiger partial charge on any atom is -0.396 e. The zero-order valence-corrected chi connectivity index (χ0v) is 11.6. The molecule has 0 aliphatic rings. The van der Waals surface area contributed by atoms with Crippen LogP contribution in [0.1, 0.15) is 38.1 Å². The van der Waals surface area contributed by atoms with Gasteiger partial charge < -0.3 is 16.4 Å². The standard InChI is InChI=1S/C14H23N3O/c1-9(2)8-17(10(3)4)12-7-5-6-11(13(12)15)14(16)18/h5-7,9-10H,8,15H2,1-4H3,(H2,16,18). The topological polar surface area (TPSA) is 72.3 Å². The van der Waals surface area contributed by atoms with E-state index in [4.69, 9.17) is 11.5 Å². The fourth-order valence-electron chi connectivity index (χ4n) is 2.00. The molecule has 0 aliphatic carbocycles. The molecule has 1 aromatic carbocycles. The average Bonchev–Trinajstić information content (AvgIpc) is 2.25. The number of hydrogen-bond donors (Lipinski definition) is 2. The number of benzene rings is 1. The van der Waals surface area contributed by atoms with E-state index in [0.717, 1.165) is 12.2 Å². The van der Waals surface area contributed by atoms with E-state index in [1.165, 1.54) is 0 Å². The third kappa shape index (κ3) is 3.15. The van der Waals surface area contributed by atoms with Crippen LogP contribution in [0.2, 0.25) is 0 Å². The van der Waals surface area contributed by atoms with Crippen LogP contribution in [0.3, 0.4) is 0 Å².